The highest BCUT2D eigenvalue weighted by Gasteiger charge is 2.20. The summed E-state index contributed by atoms with van der Waals surface area (Å²) in [5, 5.41) is 23.4. The van der Waals surface area contributed by atoms with E-state index in [-0.39, 0.29) is 18.5 Å². The molecule has 0 aromatic carbocycles. The van der Waals surface area contributed by atoms with Crippen LogP contribution in [0.5, 0.6) is 0 Å². The number of unbranched alkanes of at least 4 members (excludes halogenated alkanes) is 43. The second-order valence-electron chi connectivity index (χ2n) is 21.4. The van der Waals surface area contributed by atoms with Crippen molar-refractivity contribution in [3.63, 3.8) is 0 Å². The Morgan fingerprint density at radius 3 is 1.03 bits per heavy atom. The van der Waals surface area contributed by atoms with Crippen LogP contribution in [0, 0.1) is 0 Å². The van der Waals surface area contributed by atoms with Crippen molar-refractivity contribution in [1.29, 1.82) is 0 Å². The average molecular weight is 973 g/mol. The Kier molecular flexibility index (Phi) is 57.5. The van der Waals surface area contributed by atoms with Gasteiger partial charge in [0.25, 0.3) is 0 Å². The number of aliphatic hydroxyl groups excluding tert-OH is 2. The van der Waals surface area contributed by atoms with E-state index in [0.29, 0.717) is 25.9 Å². The van der Waals surface area contributed by atoms with Crippen LogP contribution in [-0.2, 0) is 14.3 Å². The molecule has 0 spiro atoms. The summed E-state index contributed by atoms with van der Waals surface area (Å²) in [6.07, 6.45) is 71.8. The molecular weight excluding hydrogens is 851 g/mol. The van der Waals surface area contributed by atoms with E-state index in [1.807, 2.05) is 0 Å². The Labute approximate surface area is 431 Å². The molecule has 0 rings (SSSR count). The predicted octanol–water partition coefficient (Wildman–Crippen LogP) is 19.4. The first-order valence-corrected chi connectivity index (χ1v) is 31.1. The van der Waals surface area contributed by atoms with Crippen LogP contribution in [0.3, 0.4) is 0 Å². The fourth-order valence-electron chi connectivity index (χ4n) is 9.69. The van der Waals surface area contributed by atoms with E-state index < -0.39 is 12.1 Å². The van der Waals surface area contributed by atoms with Gasteiger partial charge in [-0.15, -0.1) is 0 Å². The first-order valence-electron chi connectivity index (χ1n) is 31.1. The molecule has 0 saturated heterocycles. The molecule has 2 unspecified atom stereocenters. The summed E-state index contributed by atoms with van der Waals surface area (Å²) in [5.41, 5.74) is 0. The number of rotatable bonds is 58. The van der Waals surface area contributed by atoms with Crippen molar-refractivity contribution in [3.05, 3.63) is 24.3 Å². The van der Waals surface area contributed by atoms with Gasteiger partial charge in [-0.05, 0) is 77.0 Å². The van der Waals surface area contributed by atoms with Crippen LogP contribution in [0.25, 0.3) is 0 Å². The third-order valence-electron chi connectivity index (χ3n) is 14.5. The third-order valence-corrected chi connectivity index (χ3v) is 14.5. The molecule has 6 nitrogen and oxygen atoms in total. The highest BCUT2D eigenvalue weighted by Crippen LogP contribution is 2.18. The fraction of sp³-hybridized carbons (Fsp3) is 0.905. The molecule has 3 N–H and O–H groups in total. The van der Waals surface area contributed by atoms with Crippen LogP contribution in [0.4, 0.5) is 0 Å². The molecule has 0 fully saturated rings. The van der Waals surface area contributed by atoms with Crippen LogP contribution in [0.2, 0.25) is 0 Å². The fourth-order valence-corrected chi connectivity index (χ4v) is 9.69. The number of esters is 1. The molecule has 408 valence electrons. The van der Waals surface area contributed by atoms with Gasteiger partial charge in [-0.1, -0.05) is 276 Å². The molecular formula is C63H121NO5. The SMILES string of the molecule is CCCCCCC/C=C\CCCCCCCC(=O)OCCCCCC/C=C\CCCCCCCCCC(=O)NC(CO)C(O)CCCCCCCCCCCCCCCCCCCCCCCCC. The summed E-state index contributed by atoms with van der Waals surface area (Å²) in [6, 6.07) is -0.554. The minimum Gasteiger partial charge on any atom is -0.466 e. The summed E-state index contributed by atoms with van der Waals surface area (Å²) in [7, 11) is 0. The van der Waals surface area contributed by atoms with Crippen molar-refractivity contribution in [3.8, 4) is 0 Å². The molecule has 0 aliphatic rings. The van der Waals surface area contributed by atoms with E-state index in [0.717, 1.165) is 70.6 Å². The molecule has 1 amide bonds. The van der Waals surface area contributed by atoms with Gasteiger partial charge < -0.3 is 20.3 Å². The molecule has 0 aliphatic carbocycles. The van der Waals surface area contributed by atoms with Crippen molar-refractivity contribution in [2.24, 2.45) is 0 Å². The average Bonchev–Trinajstić information content (AvgIpc) is 3.35. The number of aliphatic hydroxyl groups is 2. The second kappa shape index (κ2) is 58.9. The quantitative estimate of drug-likeness (QED) is 0.0321. The predicted molar refractivity (Wildman–Crippen MR) is 301 cm³/mol. The molecule has 2 atom stereocenters. The maximum atomic E-state index is 12.5. The van der Waals surface area contributed by atoms with Gasteiger partial charge in [0, 0.05) is 12.8 Å². The highest BCUT2D eigenvalue weighted by molar-refractivity contribution is 5.76. The zero-order valence-corrected chi connectivity index (χ0v) is 46.6. The largest absolute Gasteiger partial charge is 0.466 e. The highest BCUT2D eigenvalue weighted by atomic mass is 16.5. The molecule has 0 aliphatic heterocycles. The third kappa shape index (κ3) is 55.5. The summed E-state index contributed by atoms with van der Waals surface area (Å²) >= 11 is 0. The van der Waals surface area contributed by atoms with Gasteiger partial charge >= 0.3 is 5.97 Å². The van der Waals surface area contributed by atoms with Crippen LogP contribution < -0.4 is 5.32 Å². The standard InChI is InChI=1S/C63H121NO5/c1-3-5-7-9-11-13-15-17-19-20-21-22-23-24-25-26-28-31-35-39-43-47-51-55-61(66)60(59-65)64-62(67)56-52-48-44-40-36-32-29-27-30-34-38-42-46-50-54-58-69-63(68)57-53-49-45-41-37-33-18-16-14-12-10-8-6-4-2/h16,18,30,34,60-61,65-66H,3-15,17,19-29,31-33,35-59H2,1-2H3,(H,64,67)/b18-16-,34-30-. The van der Waals surface area contributed by atoms with E-state index in [2.05, 4.69) is 43.5 Å². The minimum atomic E-state index is -0.676. The van der Waals surface area contributed by atoms with Crippen LogP contribution in [0.15, 0.2) is 24.3 Å². The van der Waals surface area contributed by atoms with Crippen LogP contribution >= 0.6 is 0 Å². The van der Waals surface area contributed by atoms with Crippen molar-refractivity contribution in [1.82, 2.24) is 5.32 Å². The van der Waals surface area contributed by atoms with Gasteiger partial charge in [0.05, 0.1) is 25.4 Å². The number of amides is 1. The van der Waals surface area contributed by atoms with Crippen molar-refractivity contribution in [2.75, 3.05) is 13.2 Å². The lowest BCUT2D eigenvalue weighted by atomic mass is 10.0. The number of hydrogen-bond acceptors (Lipinski definition) is 5. The topological polar surface area (TPSA) is 95.9 Å². The van der Waals surface area contributed by atoms with E-state index >= 15 is 0 Å². The number of carbonyl (C=O) groups is 2. The van der Waals surface area contributed by atoms with E-state index in [1.165, 1.54) is 238 Å². The first-order chi connectivity index (χ1) is 34.0. The zero-order chi connectivity index (χ0) is 50.0. The first kappa shape index (κ1) is 67.3. The summed E-state index contributed by atoms with van der Waals surface area (Å²) in [6.45, 7) is 4.93. The van der Waals surface area contributed by atoms with E-state index in [4.69, 9.17) is 4.74 Å². The lowest BCUT2D eigenvalue weighted by Gasteiger charge is -2.22. The molecule has 0 heterocycles. The smallest absolute Gasteiger partial charge is 0.305 e. The van der Waals surface area contributed by atoms with Gasteiger partial charge in [0.2, 0.25) is 5.91 Å². The molecule has 0 bridgehead atoms. The number of ether oxygens (including phenoxy) is 1. The minimum absolute atomic E-state index is 0.0178. The molecule has 0 radical (unpaired) electrons. The normalized spacial score (nSPS) is 12.7. The monoisotopic (exact) mass is 972 g/mol. The van der Waals surface area contributed by atoms with Gasteiger partial charge in [-0.2, -0.15) is 0 Å². The number of hydrogen-bond donors (Lipinski definition) is 3. The second-order valence-corrected chi connectivity index (χ2v) is 21.4. The van der Waals surface area contributed by atoms with E-state index in [9.17, 15) is 19.8 Å². The Hall–Kier alpha value is -1.66. The number of allylic oxidation sites excluding steroid dienone is 4. The van der Waals surface area contributed by atoms with Crippen molar-refractivity contribution >= 4 is 11.9 Å². The Bertz CT molecular complexity index is 1080. The molecule has 0 aromatic rings. The Morgan fingerprint density at radius 2 is 0.681 bits per heavy atom. The molecule has 6 heteroatoms. The van der Waals surface area contributed by atoms with Gasteiger partial charge in [-0.25, -0.2) is 0 Å². The van der Waals surface area contributed by atoms with Crippen LogP contribution in [0.1, 0.15) is 341 Å². The summed E-state index contributed by atoms with van der Waals surface area (Å²) in [4.78, 5) is 24.6. The molecule has 69 heavy (non-hydrogen) atoms. The molecule has 0 saturated carbocycles. The molecule has 0 aromatic heterocycles. The van der Waals surface area contributed by atoms with Gasteiger partial charge in [-0.3, -0.25) is 9.59 Å². The van der Waals surface area contributed by atoms with Crippen LogP contribution in [-0.4, -0.2) is 47.4 Å². The number of nitrogens with one attached hydrogen (secondary N) is 1. The lowest BCUT2D eigenvalue weighted by molar-refractivity contribution is -0.143. The zero-order valence-electron chi connectivity index (χ0n) is 46.6. The maximum absolute atomic E-state index is 12.5. The van der Waals surface area contributed by atoms with Gasteiger partial charge in [0.1, 0.15) is 0 Å². The van der Waals surface area contributed by atoms with Crippen molar-refractivity contribution in [2.45, 2.75) is 353 Å². The summed E-state index contributed by atoms with van der Waals surface area (Å²) in [5.74, 6) is -0.0649. The Balaban J connectivity index is 3.47. The maximum Gasteiger partial charge on any atom is 0.305 e. The van der Waals surface area contributed by atoms with Gasteiger partial charge in [0.15, 0.2) is 0 Å². The lowest BCUT2D eigenvalue weighted by Crippen LogP contribution is -2.45. The summed E-state index contributed by atoms with van der Waals surface area (Å²) < 4.78 is 5.46. The Morgan fingerprint density at radius 1 is 0.391 bits per heavy atom. The van der Waals surface area contributed by atoms with Crippen molar-refractivity contribution < 1.29 is 24.5 Å². The number of carbonyl (C=O) groups excluding carboxylic acids is 2. The van der Waals surface area contributed by atoms with E-state index in [1.54, 1.807) is 0 Å².